The lowest BCUT2D eigenvalue weighted by atomic mass is 9.91. The molecule has 1 saturated heterocycles. The number of imide groups is 1. The molecule has 4 amide bonds. The van der Waals surface area contributed by atoms with Gasteiger partial charge in [0, 0.05) is 18.1 Å². The summed E-state index contributed by atoms with van der Waals surface area (Å²) in [6.07, 6.45) is 5.27. The number of rotatable bonds is 6. The van der Waals surface area contributed by atoms with Crippen molar-refractivity contribution < 1.29 is 14.4 Å². The number of nitrogens with one attached hydrogen (secondary N) is 2. The molecule has 4 rings (SSSR count). The molecule has 8 nitrogen and oxygen atoms in total. The van der Waals surface area contributed by atoms with Gasteiger partial charge in [0.05, 0.1) is 12.4 Å². The van der Waals surface area contributed by atoms with Crippen LogP contribution >= 0.6 is 0 Å². The summed E-state index contributed by atoms with van der Waals surface area (Å²) in [4.78, 5) is 43.1. The van der Waals surface area contributed by atoms with Crippen LogP contribution in [-0.2, 0) is 15.1 Å². The minimum Gasteiger partial charge on any atom is -0.348 e. The molecule has 0 radical (unpaired) electrons. The van der Waals surface area contributed by atoms with Crippen LogP contribution in [0.25, 0.3) is 5.69 Å². The molecule has 3 aromatic rings. The molecule has 1 fully saturated rings. The van der Waals surface area contributed by atoms with Crippen LogP contribution in [-0.4, -0.2) is 38.8 Å². The molecule has 1 aliphatic heterocycles. The van der Waals surface area contributed by atoms with Crippen LogP contribution in [0, 0.1) is 6.92 Å². The van der Waals surface area contributed by atoms with Gasteiger partial charge in [0.25, 0.3) is 5.91 Å². The Labute approximate surface area is 186 Å². The van der Waals surface area contributed by atoms with Crippen LogP contribution in [0.2, 0.25) is 0 Å². The second-order valence-corrected chi connectivity index (χ2v) is 8.16. The zero-order chi connectivity index (χ0) is 22.9. The van der Waals surface area contributed by atoms with Gasteiger partial charge >= 0.3 is 6.03 Å². The highest BCUT2D eigenvalue weighted by atomic mass is 16.2. The van der Waals surface area contributed by atoms with Crippen LogP contribution in [0.4, 0.5) is 4.79 Å². The first kappa shape index (κ1) is 21.3. The third kappa shape index (κ3) is 3.99. The molecule has 0 saturated carbocycles. The summed E-state index contributed by atoms with van der Waals surface area (Å²) < 4.78 is 1.88. The summed E-state index contributed by atoms with van der Waals surface area (Å²) >= 11 is 0. The third-order valence-corrected chi connectivity index (χ3v) is 5.78. The van der Waals surface area contributed by atoms with Gasteiger partial charge in [-0.15, -0.1) is 0 Å². The number of carbonyl (C=O) groups is 3. The Hall–Kier alpha value is -3.94. The molecule has 0 unspecified atom stereocenters. The third-order valence-electron chi connectivity index (χ3n) is 5.78. The fraction of sp³-hybridized carbons (Fsp3) is 0.250. The van der Waals surface area contributed by atoms with Crippen molar-refractivity contribution in [2.24, 2.45) is 0 Å². The quantitative estimate of drug-likeness (QED) is 0.587. The monoisotopic (exact) mass is 431 g/mol. The summed E-state index contributed by atoms with van der Waals surface area (Å²) in [5.41, 5.74) is 2.40. The van der Waals surface area contributed by atoms with Crippen molar-refractivity contribution in [1.82, 2.24) is 25.1 Å². The number of hydrogen-bond donors (Lipinski definition) is 2. The van der Waals surface area contributed by atoms with Gasteiger partial charge in [0.15, 0.2) is 0 Å². The average Bonchev–Trinajstić information content (AvgIpc) is 3.38. The van der Waals surface area contributed by atoms with Crippen molar-refractivity contribution in [2.45, 2.75) is 32.4 Å². The van der Waals surface area contributed by atoms with Crippen molar-refractivity contribution in [3.05, 3.63) is 83.9 Å². The first-order valence-corrected chi connectivity index (χ1v) is 10.4. The second kappa shape index (κ2) is 8.30. The maximum atomic E-state index is 13.0. The predicted octanol–water partition coefficient (Wildman–Crippen LogP) is 2.83. The maximum absolute atomic E-state index is 13.0. The van der Waals surface area contributed by atoms with Crippen molar-refractivity contribution in [3.63, 3.8) is 0 Å². The second-order valence-electron chi connectivity index (χ2n) is 8.16. The van der Waals surface area contributed by atoms with Crippen molar-refractivity contribution in [3.8, 4) is 5.69 Å². The predicted molar refractivity (Wildman–Crippen MR) is 119 cm³/mol. The average molecular weight is 431 g/mol. The molecule has 2 atom stereocenters. The normalized spacial score (nSPS) is 19.0. The molecule has 2 N–H and O–H groups in total. The number of aromatic nitrogens is 2. The number of urea groups is 1. The van der Waals surface area contributed by atoms with E-state index in [1.807, 2.05) is 73.1 Å². The summed E-state index contributed by atoms with van der Waals surface area (Å²) in [5, 5.41) is 5.59. The highest BCUT2D eigenvalue weighted by Crippen LogP contribution is 2.29. The van der Waals surface area contributed by atoms with Crippen molar-refractivity contribution in [1.29, 1.82) is 0 Å². The molecule has 32 heavy (non-hydrogen) atoms. The van der Waals surface area contributed by atoms with E-state index in [9.17, 15) is 14.4 Å². The molecular weight excluding hydrogens is 406 g/mol. The van der Waals surface area contributed by atoms with E-state index in [0.29, 0.717) is 5.56 Å². The molecular formula is C24H25N5O3. The lowest BCUT2D eigenvalue weighted by Gasteiger charge is -2.22. The Kier molecular flexibility index (Phi) is 5.52. The Morgan fingerprint density at radius 2 is 1.81 bits per heavy atom. The van der Waals surface area contributed by atoms with Gasteiger partial charge < -0.3 is 15.2 Å². The van der Waals surface area contributed by atoms with Crippen LogP contribution in [0.1, 0.15) is 36.6 Å². The first-order valence-electron chi connectivity index (χ1n) is 10.4. The van der Waals surface area contributed by atoms with E-state index < -0.39 is 23.4 Å². The van der Waals surface area contributed by atoms with Crippen LogP contribution in [0.15, 0.2) is 67.3 Å². The Morgan fingerprint density at radius 3 is 2.44 bits per heavy atom. The summed E-state index contributed by atoms with van der Waals surface area (Å²) in [5.74, 6) is -0.855. The summed E-state index contributed by atoms with van der Waals surface area (Å²) in [6, 6.07) is 14.2. The lowest BCUT2D eigenvalue weighted by Crippen LogP contribution is -2.43. The zero-order valence-electron chi connectivity index (χ0n) is 18.2. The molecule has 0 bridgehead atoms. The zero-order valence-corrected chi connectivity index (χ0v) is 18.2. The van der Waals surface area contributed by atoms with Crippen LogP contribution in [0.3, 0.4) is 0 Å². The molecule has 2 heterocycles. The highest BCUT2D eigenvalue weighted by Gasteiger charge is 2.49. The Morgan fingerprint density at radius 1 is 1.12 bits per heavy atom. The molecule has 8 heteroatoms. The molecule has 1 aromatic heterocycles. The van der Waals surface area contributed by atoms with Gasteiger partial charge in [-0.05, 0) is 44.0 Å². The Balaban J connectivity index is 1.40. The molecule has 164 valence electrons. The van der Waals surface area contributed by atoms with Gasteiger partial charge in [-0.2, -0.15) is 0 Å². The van der Waals surface area contributed by atoms with E-state index in [0.717, 1.165) is 21.7 Å². The van der Waals surface area contributed by atoms with E-state index in [2.05, 4.69) is 15.6 Å². The van der Waals surface area contributed by atoms with Crippen molar-refractivity contribution >= 4 is 17.8 Å². The fourth-order valence-corrected chi connectivity index (χ4v) is 3.78. The smallest absolute Gasteiger partial charge is 0.325 e. The molecule has 0 spiro atoms. The first-order chi connectivity index (χ1) is 15.3. The largest absolute Gasteiger partial charge is 0.348 e. The molecule has 2 aromatic carbocycles. The summed E-state index contributed by atoms with van der Waals surface area (Å²) in [6.45, 7) is 5.11. The summed E-state index contributed by atoms with van der Waals surface area (Å²) in [7, 11) is 0. The van der Waals surface area contributed by atoms with Gasteiger partial charge in [-0.1, -0.05) is 42.0 Å². The van der Waals surface area contributed by atoms with Crippen LogP contribution < -0.4 is 10.6 Å². The number of benzene rings is 2. The van der Waals surface area contributed by atoms with Gasteiger partial charge in [-0.25, -0.2) is 9.78 Å². The van der Waals surface area contributed by atoms with E-state index in [-0.39, 0.29) is 12.6 Å². The molecule has 0 aliphatic carbocycles. The number of aryl methyl sites for hydroxylation is 1. The number of carbonyl (C=O) groups excluding carboxylic acids is 3. The van der Waals surface area contributed by atoms with E-state index in [4.69, 9.17) is 0 Å². The van der Waals surface area contributed by atoms with Gasteiger partial charge in [-0.3, -0.25) is 14.5 Å². The maximum Gasteiger partial charge on any atom is 0.325 e. The Bertz CT molecular complexity index is 1140. The number of hydrogen-bond acceptors (Lipinski definition) is 4. The number of imidazole rings is 1. The van der Waals surface area contributed by atoms with Crippen molar-refractivity contribution in [2.75, 3.05) is 6.54 Å². The lowest BCUT2D eigenvalue weighted by molar-refractivity contribution is -0.135. The standard InChI is InChI=1S/C24H25N5O3/c1-16-4-8-19(9-5-16)24(3)22(31)29(23(32)27-24)14-21(30)26-17(2)18-6-10-20(11-7-18)28-13-12-25-15-28/h4-13,15,17H,14H2,1-3H3,(H,26,30)(H,27,32)/t17-,24+/m0/s1. The fourth-order valence-electron chi connectivity index (χ4n) is 3.78. The molecule has 1 aliphatic rings. The minimum absolute atomic E-state index is 0.288. The van der Waals surface area contributed by atoms with Gasteiger partial charge in [0.1, 0.15) is 12.1 Å². The van der Waals surface area contributed by atoms with E-state index >= 15 is 0 Å². The van der Waals surface area contributed by atoms with Crippen LogP contribution in [0.5, 0.6) is 0 Å². The number of amides is 4. The minimum atomic E-state index is -1.19. The number of nitrogens with zero attached hydrogens (tertiary/aromatic N) is 3. The van der Waals surface area contributed by atoms with E-state index in [1.54, 1.807) is 19.4 Å². The van der Waals surface area contributed by atoms with Gasteiger partial charge in [0.2, 0.25) is 5.91 Å². The topological polar surface area (TPSA) is 96.3 Å². The van der Waals surface area contributed by atoms with E-state index in [1.165, 1.54) is 0 Å². The SMILES string of the molecule is Cc1ccc([C@@]2(C)NC(=O)N(CC(=O)N[C@@H](C)c3ccc(-n4ccnc4)cc3)C2=O)cc1. The highest BCUT2D eigenvalue weighted by molar-refractivity contribution is 6.09.